The molecule has 2 aliphatic rings. The van der Waals surface area contributed by atoms with Crippen LogP contribution in [0.3, 0.4) is 0 Å². The van der Waals surface area contributed by atoms with E-state index in [1.54, 1.807) is 24.3 Å². The molecule has 0 bridgehead atoms. The Kier molecular flexibility index (Phi) is 5.75. The van der Waals surface area contributed by atoms with E-state index in [0.29, 0.717) is 49.2 Å². The first-order valence-electron chi connectivity index (χ1n) is 12.2. The number of fused-ring (bicyclic) bond motifs is 1. The average molecular weight is 492 g/mol. The molecule has 0 radical (unpaired) electrons. The molecule has 1 aliphatic carbocycles. The molecule has 8 nitrogen and oxygen atoms in total. The molecule has 2 fully saturated rings. The van der Waals surface area contributed by atoms with E-state index in [0.717, 1.165) is 19.3 Å². The topological polar surface area (TPSA) is 81.0 Å². The Bertz CT molecular complexity index is 1400. The van der Waals surface area contributed by atoms with Crippen molar-refractivity contribution in [3.8, 4) is 5.95 Å². The maximum Gasteiger partial charge on any atom is 0.296 e. The second-order valence-corrected chi connectivity index (χ2v) is 9.52. The first-order chi connectivity index (χ1) is 17.5. The summed E-state index contributed by atoms with van der Waals surface area (Å²) < 4.78 is 35.0. The van der Waals surface area contributed by atoms with Crippen LogP contribution in [0.5, 0.6) is 0 Å². The summed E-state index contributed by atoms with van der Waals surface area (Å²) in [6.45, 7) is 4.42. The monoisotopic (exact) mass is 491 g/mol. The maximum absolute atomic E-state index is 14.1. The van der Waals surface area contributed by atoms with Gasteiger partial charge >= 0.3 is 0 Å². The second-order valence-electron chi connectivity index (χ2n) is 9.52. The number of alkyl halides is 2. The lowest BCUT2D eigenvalue weighted by Gasteiger charge is -2.27. The molecule has 1 aliphatic heterocycles. The molecular formula is C26H27F2N7O. The minimum atomic E-state index is -2.78. The summed E-state index contributed by atoms with van der Waals surface area (Å²) in [4.78, 5) is 20.2. The fraction of sp³-hybridized carbons (Fsp3) is 0.385. The lowest BCUT2D eigenvalue weighted by Crippen LogP contribution is -2.38. The summed E-state index contributed by atoms with van der Waals surface area (Å²) in [6.07, 6.45) is 0.00306. The van der Waals surface area contributed by atoms with Crippen LogP contribution in [0.25, 0.3) is 17.0 Å². The number of nitrogens with one attached hydrogen (secondary N) is 1. The highest BCUT2D eigenvalue weighted by Crippen LogP contribution is 2.41. The summed E-state index contributed by atoms with van der Waals surface area (Å²) in [6, 6.07) is 15.5. The zero-order valence-electron chi connectivity index (χ0n) is 20.0. The van der Waals surface area contributed by atoms with Crippen molar-refractivity contribution in [1.29, 1.82) is 0 Å². The molecule has 1 N–H and O–H groups in total. The van der Waals surface area contributed by atoms with Crippen molar-refractivity contribution >= 4 is 22.9 Å². The van der Waals surface area contributed by atoms with Crippen LogP contribution in [0.15, 0.2) is 48.5 Å². The summed E-state index contributed by atoms with van der Waals surface area (Å²) in [5.74, 6) is 0.561. The summed E-state index contributed by atoms with van der Waals surface area (Å²) in [5, 5.41) is 3.53. The third kappa shape index (κ3) is 4.48. The van der Waals surface area contributed by atoms with Crippen molar-refractivity contribution in [2.45, 2.75) is 38.2 Å². The van der Waals surface area contributed by atoms with Crippen molar-refractivity contribution in [1.82, 2.24) is 24.5 Å². The Labute approximate surface area is 207 Å². The summed E-state index contributed by atoms with van der Waals surface area (Å²) in [7, 11) is 0. The van der Waals surface area contributed by atoms with Gasteiger partial charge in [0.15, 0.2) is 5.82 Å². The van der Waals surface area contributed by atoms with Gasteiger partial charge in [-0.2, -0.15) is 15.0 Å². The molecule has 1 saturated heterocycles. The van der Waals surface area contributed by atoms with Crippen molar-refractivity contribution in [2.24, 2.45) is 0 Å². The fourth-order valence-corrected chi connectivity index (χ4v) is 4.76. The Morgan fingerprint density at radius 3 is 2.50 bits per heavy atom. The van der Waals surface area contributed by atoms with Gasteiger partial charge in [0, 0.05) is 18.6 Å². The van der Waals surface area contributed by atoms with Gasteiger partial charge in [-0.25, -0.2) is 13.8 Å². The van der Waals surface area contributed by atoms with Gasteiger partial charge in [-0.3, -0.25) is 4.57 Å². The first kappa shape index (κ1) is 22.8. The van der Waals surface area contributed by atoms with Crippen LogP contribution < -0.4 is 10.2 Å². The van der Waals surface area contributed by atoms with Crippen LogP contribution in [0.2, 0.25) is 0 Å². The van der Waals surface area contributed by atoms with Gasteiger partial charge in [0.2, 0.25) is 17.8 Å². The Morgan fingerprint density at radius 1 is 0.972 bits per heavy atom. The van der Waals surface area contributed by atoms with Crippen LogP contribution in [0.1, 0.15) is 36.2 Å². The van der Waals surface area contributed by atoms with Gasteiger partial charge in [0.05, 0.1) is 24.2 Å². The molecule has 186 valence electrons. The maximum atomic E-state index is 14.1. The number of morpholine rings is 1. The summed E-state index contributed by atoms with van der Waals surface area (Å²) >= 11 is 0. The molecule has 0 unspecified atom stereocenters. The number of benzene rings is 2. The van der Waals surface area contributed by atoms with Crippen molar-refractivity contribution in [3.05, 3.63) is 65.5 Å². The van der Waals surface area contributed by atoms with E-state index in [1.807, 2.05) is 4.90 Å². The number of halogens is 2. The molecule has 1 saturated carbocycles. The van der Waals surface area contributed by atoms with E-state index in [2.05, 4.69) is 51.5 Å². The number of nitrogens with zero attached hydrogens (tertiary/aromatic N) is 6. The molecule has 2 aromatic carbocycles. The Hall–Kier alpha value is -3.66. The highest BCUT2D eigenvalue weighted by molar-refractivity contribution is 5.77. The lowest BCUT2D eigenvalue weighted by atomic mass is 10.0. The highest BCUT2D eigenvalue weighted by Gasteiger charge is 2.43. The van der Waals surface area contributed by atoms with E-state index in [4.69, 9.17) is 9.72 Å². The SMILES string of the molecule is Cc1cccc(CC2(Nc3nc(N4CCOCC4)nc(-n4c(C(F)F)nc5ccccc54)n3)CC2)c1. The zero-order valence-corrected chi connectivity index (χ0v) is 20.0. The van der Waals surface area contributed by atoms with Crippen molar-refractivity contribution in [3.63, 3.8) is 0 Å². The Balaban J connectivity index is 1.42. The zero-order chi connectivity index (χ0) is 24.7. The minimum Gasteiger partial charge on any atom is -0.378 e. The number of hydrogen-bond acceptors (Lipinski definition) is 7. The van der Waals surface area contributed by atoms with Crippen LogP contribution in [0, 0.1) is 6.92 Å². The third-order valence-electron chi connectivity index (χ3n) is 6.74. The number of para-hydroxylation sites is 2. The van der Waals surface area contributed by atoms with E-state index < -0.39 is 6.43 Å². The smallest absolute Gasteiger partial charge is 0.296 e. The van der Waals surface area contributed by atoms with Crippen LogP contribution in [0.4, 0.5) is 20.7 Å². The van der Waals surface area contributed by atoms with E-state index >= 15 is 0 Å². The normalized spacial score (nSPS) is 17.1. The molecule has 6 rings (SSSR count). The number of ether oxygens (including phenoxy) is 1. The second kappa shape index (κ2) is 9.09. The van der Waals surface area contributed by atoms with Crippen molar-refractivity contribution < 1.29 is 13.5 Å². The first-order valence-corrected chi connectivity index (χ1v) is 12.2. The fourth-order valence-electron chi connectivity index (χ4n) is 4.76. The van der Waals surface area contributed by atoms with Crippen molar-refractivity contribution in [2.75, 3.05) is 36.5 Å². The molecule has 0 amide bonds. The predicted molar refractivity (Wildman–Crippen MR) is 133 cm³/mol. The number of rotatable bonds is 7. The molecule has 36 heavy (non-hydrogen) atoms. The average Bonchev–Trinajstić information content (AvgIpc) is 3.50. The number of imidazole rings is 1. The standard InChI is InChI=1S/C26H27F2N7O/c1-17-5-4-6-18(15-17)16-26(9-10-26)33-23-30-24(34-11-13-36-14-12-34)32-25(31-23)35-20-8-3-2-7-19(20)29-22(35)21(27)28/h2-8,15,21H,9-14,16H2,1H3,(H,30,31,32,33). The highest BCUT2D eigenvalue weighted by atomic mass is 19.3. The molecule has 10 heteroatoms. The molecule has 0 atom stereocenters. The quantitative estimate of drug-likeness (QED) is 0.408. The van der Waals surface area contributed by atoms with Crippen LogP contribution in [-0.2, 0) is 11.2 Å². The number of hydrogen-bond donors (Lipinski definition) is 1. The van der Waals surface area contributed by atoms with Gasteiger partial charge in [0.1, 0.15) is 0 Å². The minimum absolute atomic E-state index is 0.129. The summed E-state index contributed by atoms with van der Waals surface area (Å²) in [5.41, 5.74) is 3.28. The van der Waals surface area contributed by atoms with E-state index in [1.165, 1.54) is 15.7 Å². The van der Waals surface area contributed by atoms with Gasteiger partial charge in [-0.15, -0.1) is 0 Å². The molecule has 0 spiro atoms. The van der Waals surface area contributed by atoms with E-state index in [-0.39, 0.29) is 17.3 Å². The van der Waals surface area contributed by atoms with Crippen LogP contribution >= 0.6 is 0 Å². The number of aryl methyl sites for hydroxylation is 1. The molecular weight excluding hydrogens is 464 g/mol. The number of aromatic nitrogens is 5. The lowest BCUT2D eigenvalue weighted by molar-refractivity contribution is 0.122. The molecule has 4 aromatic rings. The molecule has 2 aromatic heterocycles. The van der Waals surface area contributed by atoms with Gasteiger partial charge in [-0.1, -0.05) is 42.0 Å². The predicted octanol–water partition coefficient (Wildman–Crippen LogP) is 4.48. The van der Waals surface area contributed by atoms with Crippen LogP contribution in [-0.4, -0.2) is 56.3 Å². The largest absolute Gasteiger partial charge is 0.378 e. The van der Waals surface area contributed by atoms with Gasteiger partial charge in [0.25, 0.3) is 6.43 Å². The van der Waals surface area contributed by atoms with Gasteiger partial charge < -0.3 is 15.0 Å². The van der Waals surface area contributed by atoms with E-state index in [9.17, 15) is 8.78 Å². The molecule has 3 heterocycles. The number of anilines is 2. The van der Waals surface area contributed by atoms with Gasteiger partial charge in [-0.05, 0) is 43.9 Å². The third-order valence-corrected chi connectivity index (χ3v) is 6.74. The Morgan fingerprint density at radius 2 is 1.75 bits per heavy atom.